The zero-order valence-electron chi connectivity index (χ0n) is 17.8. The Morgan fingerprint density at radius 1 is 0.939 bits per heavy atom. The highest BCUT2D eigenvalue weighted by molar-refractivity contribution is 6.04. The predicted molar refractivity (Wildman–Crippen MR) is 122 cm³/mol. The van der Waals surface area contributed by atoms with E-state index in [0.29, 0.717) is 48.4 Å². The molecule has 3 aromatic rings. The van der Waals surface area contributed by atoms with E-state index >= 15 is 0 Å². The molecule has 2 N–H and O–H groups in total. The minimum absolute atomic E-state index is 0.192. The number of carbonyl (C=O) groups excluding carboxylic acids is 3. The van der Waals surface area contributed by atoms with Gasteiger partial charge in [-0.3, -0.25) is 19.4 Å². The normalized spacial score (nSPS) is 15.5. The van der Waals surface area contributed by atoms with Gasteiger partial charge in [0.15, 0.2) is 0 Å². The van der Waals surface area contributed by atoms with Crippen LogP contribution in [0, 0.1) is 11.7 Å². The van der Waals surface area contributed by atoms with E-state index in [4.69, 9.17) is 0 Å². The van der Waals surface area contributed by atoms with Gasteiger partial charge in [-0.05, 0) is 67.4 Å². The number of halogens is 1. The van der Waals surface area contributed by atoms with Gasteiger partial charge < -0.3 is 15.5 Å². The number of carbonyl (C=O) groups is 3. The maximum atomic E-state index is 13.1. The van der Waals surface area contributed by atoms with Crippen LogP contribution in [0.1, 0.15) is 33.6 Å². The quantitative estimate of drug-likeness (QED) is 0.621. The number of hydrogen-bond donors (Lipinski definition) is 2. The van der Waals surface area contributed by atoms with Crippen LogP contribution in [0.15, 0.2) is 73.1 Å². The average Bonchev–Trinajstić information content (AvgIpc) is 2.85. The van der Waals surface area contributed by atoms with Crippen molar-refractivity contribution in [2.75, 3.05) is 23.7 Å². The third-order valence-corrected chi connectivity index (χ3v) is 5.48. The number of likely N-dealkylation sites (tertiary alicyclic amines) is 1. The summed E-state index contributed by atoms with van der Waals surface area (Å²) in [5.74, 6) is -1.47. The number of aromatic nitrogens is 1. The Morgan fingerprint density at radius 3 is 2.42 bits per heavy atom. The van der Waals surface area contributed by atoms with Gasteiger partial charge >= 0.3 is 0 Å². The first kappa shape index (κ1) is 22.1. The van der Waals surface area contributed by atoms with Gasteiger partial charge in [0.2, 0.25) is 5.91 Å². The number of amides is 3. The third kappa shape index (κ3) is 5.60. The Bertz CT molecular complexity index is 1150. The van der Waals surface area contributed by atoms with E-state index in [2.05, 4.69) is 15.6 Å². The minimum atomic E-state index is -0.402. The van der Waals surface area contributed by atoms with Gasteiger partial charge in [0.1, 0.15) is 5.82 Å². The highest BCUT2D eigenvalue weighted by atomic mass is 19.1. The molecule has 1 fully saturated rings. The minimum Gasteiger partial charge on any atom is -0.338 e. The van der Waals surface area contributed by atoms with E-state index in [0.717, 1.165) is 0 Å². The maximum Gasteiger partial charge on any atom is 0.257 e. The molecule has 0 saturated carbocycles. The molecule has 2 heterocycles. The SMILES string of the molecule is O=C(Nc1cccc(NC(=O)C2CCCN(C(=O)c3ccc(F)cc3)C2)c1)c1cccnc1. The lowest BCUT2D eigenvalue weighted by Crippen LogP contribution is -2.43. The van der Waals surface area contributed by atoms with Gasteiger partial charge in [-0.1, -0.05) is 6.07 Å². The molecule has 2 aromatic carbocycles. The van der Waals surface area contributed by atoms with Crippen molar-refractivity contribution in [1.82, 2.24) is 9.88 Å². The number of nitrogens with zero attached hydrogens (tertiary/aromatic N) is 2. The molecule has 0 bridgehead atoms. The van der Waals surface area contributed by atoms with Crippen LogP contribution in [-0.2, 0) is 4.79 Å². The molecular formula is C25H23FN4O3. The Hall–Kier alpha value is -4.07. The second-order valence-corrected chi connectivity index (χ2v) is 7.86. The monoisotopic (exact) mass is 446 g/mol. The molecular weight excluding hydrogens is 423 g/mol. The van der Waals surface area contributed by atoms with Gasteiger partial charge in [-0.25, -0.2) is 4.39 Å². The highest BCUT2D eigenvalue weighted by Crippen LogP contribution is 2.22. The van der Waals surface area contributed by atoms with Crippen molar-refractivity contribution < 1.29 is 18.8 Å². The van der Waals surface area contributed by atoms with Crippen LogP contribution >= 0.6 is 0 Å². The van der Waals surface area contributed by atoms with Gasteiger partial charge in [0, 0.05) is 42.4 Å². The second-order valence-electron chi connectivity index (χ2n) is 7.86. The lowest BCUT2D eigenvalue weighted by Gasteiger charge is -2.32. The van der Waals surface area contributed by atoms with Crippen molar-refractivity contribution in [1.29, 1.82) is 0 Å². The molecule has 1 aliphatic heterocycles. The van der Waals surface area contributed by atoms with Crippen LogP contribution in [0.5, 0.6) is 0 Å². The molecule has 0 radical (unpaired) electrons. The smallest absolute Gasteiger partial charge is 0.257 e. The standard InChI is InChI=1S/C25H23FN4O3/c26-20-10-8-17(9-11-20)25(33)30-13-3-5-19(16-30)24(32)29-22-7-1-6-21(14-22)28-23(31)18-4-2-12-27-15-18/h1-2,4,6-12,14-15,19H,3,5,13,16H2,(H,28,31)(H,29,32). The number of anilines is 2. The zero-order valence-corrected chi connectivity index (χ0v) is 17.8. The fraction of sp³-hybridized carbons (Fsp3) is 0.200. The van der Waals surface area contributed by atoms with E-state index in [1.807, 2.05) is 0 Å². The van der Waals surface area contributed by atoms with Crippen molar-refractivity contribution in [2.45, 2.75) is 12.8 Å². The fourth-order valence-electron chi connectivity index (χ4n) is 3.77. The number of piperidine rings is 1. The molecule has 1 saturated heterocycles. The molecule has 1 unspecified atom stereocenters. The van der Waals surface area contributed by atoms with Crippen molar-refractivity contribution in [2.24, 2.45) is 5.92 Å². The van der Waals surface area contributed by atoms with Crippen LogP contribution in [0.2, 0.25) is 0 Å². The number of rotatable bonds is 5. The Balaban J connectivity index is 1.37. The Kier molecular flexibility index (Phi) is 6.73. The van der Waals surface area contributed by atoms with Crippen molar-refractivity contribution in [3.8, 4) is 0 Å². The number of nitrogens with one attached hydrogen (secondary N) is 2. The molecule has 7 nitrogen and oxygen atoms in total. The lowest BCUT2D eigenvalue weighted by molar-refractivity contribution is -0.121. The first-order valence-corrected chi connectivity index (χ1v) is 10.7. The van der Waals surface area contributed by atoms with Crippen LogP contribution in [0.4, 0.5) is 15.8 Å². The summed E-state index contributed by atoms with van der Waals surface area (Å²) < 4.78 is 13.1. The van der Waals surface area contributed by atoms with Crippen LogP contribution in [0.3, 0.4) is 0 Å². The summed E-state index contributed by atoms with van der Waals surface area (Å²) in [7, 11) is 0. The lowest BCUT2D eigenvalue weighted by atomic mass is 9.96. The highest BCUT2D eigenvalue weighted by Gasteiger charge is 2.29. The van der Waals surface area contributed by atoms with Crippen molar-refractivity contribution in [3.63, 3.8) is 0 Å². The fourth-order valence-corrected chi connectivity index (χ4v) is 3.77. The molecule has 168 valence electrons. The van der Waals surface area contributed by atoms with Crippen molar-refractivity contribution in [3.05, 3.63) is 90.0 Å². The molecule has 1 aliphatic rings. The summed E-state index contributed by atoms with van der Waals surface area (Å²) in [6, 6.07) is 15.6. The van der Waals surface area contributed by atoms with Crippen LogP contribution in [-0.4, -0.2) is 40.7 Å². The molecule has 8 heteroatoms. The van der Waals surface area contributed by atoms with Gasteiger partial charge in [0.25, 0.3) is 11.8 Å². The summed E-state index contributed by atoms with van der Waals surface area (Å²) in [6.07, 6.45) is 4.43. The number of benzene rings is 2. The van der Waals surface area contributed by atoms with Crippen LogP contribution < -0.4 is 10.6 Å². The first-order chi connectivity index (χ1) is 16.0. The Labute approximate surface area is 190 Å². The molecule has 1 atom stereocenters. The molecule has 0 aliphatic carbocycles. The second kappa shape index (κ2) is 10.0. The molecule has 33 heavy (non-hydrogen) atoms. The third-order valence-electron chi connectivity index (χ3n) is 5.48. The van der Waals surface area contributed by atoms with Gasteiger partial charge in [-0.15, -0.1) is 0 Å². The average molecular weight is 446 g/mol. The van der Waals surface area contributed by atoms with Gasteiger partial charge in [0.05, 0.1) is 11.5 Å². The molecule has 3 amide bonds. The predicted octanol–water partition coefficient (Wildman–Crippen LogP) is 3.96. The number of pyridine rings is 1. The molecule has 4 rings (SSSR count). The van der Waals surface area contributed by atoms with Crippen molar-refractivity contribution >= 4 is 29.1 Å². The maximum absolute atomic E-state index is 13.1. The van der Waals surface area contributed by atoms with E-state index < -0.39 is 5.82 Å². The largest absolute Gasteiger partial charge is 0.338 e. The van der Waals surface area contributed by atoms with Gasteiger partial charge in [-0.2, -0.15) is 0 Å². The molecule has 0 spiro atoms. The van der Waals surface area contributed by atoms with E-state index in [1.54, 1.807) is 47.5 Å². The Morgan fingerprint density at radius 2 is 1.70 bits per heavy atom. The summed E-state index contributed by atoms with van der Waals surface area (Å²) in [6.45, 7) is 0.843. The zero-order chi connectivity index (χ0) is 23.2. The van der Waals surface area contributed by atoms with E-state index in [9.17, 15) is 18.8 Å². The topological polar surface area (TPSA) is 91.4 Å². The first-order valence-electron chi connectivity index (χ1n) is 10.7. The summed E-state index contributed by atoms with van der Waals surface area (Å²) in [4.78, 5) is 43.5. The summed E-state index contributed by atoms with van der Waals surface area (Å²) in [5.41, 5.74) is 1.92. The summed E-state index contributed by atoms with van der Waals surface area (Å²) in [5, 5.41) is 5.67. The van der Waals surface area contributed by atoms with E-state index in [-0.39, 0.29) is 23.6 Å². The molecule has 1 aromatic heterocycles. The van der Waals surface area contributed by atoms with Crippen LogP contribution in [0.25, 0.3) is 0 Å². The van der Waals surface area contributed by atoms with E-state index in [1.165, 1.54) is 30.5 Å². The summed E-state index contributed by atoms with van der Waals surface area (Å²) >= 11 is 0. The number of hydrogen-bond acceptors (Lipinski definition) is 4.